The fourth-order valence-corrected chi connectivity index (χ4v) is 2.79. The van der Waals surface area contributed by atoms with Gasteiger partial charge in [0.25, 0.3) is 0 Å². The third-order valence-electron chi connectivity index (χ3n) is 3.83. The zero-order chi connectivity index (χ0) is 15.5. The molecule has 0 amide bonds. The Hall–Kier alpha value is -2.42. The summed E-state index contributed by atoms with van der Waals surface area (Å²) in [6.45, 7) is 4.81. The average Bonchev–Trinajstić information content (AvgIpc) is 2.51. The lowest BCUT2D eigenvalue weighted by Crippen LogP contribution is -2.29. The second kappa shape index (κ2) is 6.14. The molecule has 3 heteroatoms. The van der Waals surface area contributed by atoms with Crippen LogP contribution < -0.4 is 0 Å². The second-order valence-corrected chi connectivity index (χ2v) is 5.60. The van der Waals surface area contributed by atoms with E-state index in [4.69, 9.17) is 4.99 Å². The van der Waals surface area contributed by atoms with Crippen LogP contribution in [0.5, 0.6) is 0 Å². The first-order valence-corrected chi connectivity index (χ1v) is 7.42. The molecule has 0 fully saturated rings. The summed E-state index contributed by atoms with van der Waals surface area (Å²) in [5.41, 5.74) is 4.20. The molecule has 0 aromatic heterocycles. The molecule has 0 saturated carbocycles. The van der Waals surface area contributed by atoms with E-state index in [2.05, 4.69) is 30.0 Å². The molecule has 1 unspecified atom stereocenters. The molecule has 2 nitrogen and oxygen atoms in total. The van der Waals surface area contributed by atoms with Crippen LogP contribution in [0.2, 0.25) is 0 Å². The largest absolute Gasteiger partial charge is 0.345 e. The first-order chi connectivity index (χ1) is 10.6. The maximum atomic E-state index is 13.6. The number of rotatable bonds is 3. The van der Waals surface area contributed by atoms with Crippen LogP contribution in [0.15, 0.2) is 71.4 Å². The molecule has 2 aromatic rings. The zero-order valence-electron chi connectivity index (χ0n) is 12.8. The van der Waals surface area contributed by atoms with E-state index in [1.54, 1.807) is 12.1 Å². The predicted octanol–water partition coefficient (Wildman–Crippen LogP) is 4.70. The molecule has 1 heterocycles. The van der Waals surface area contributed by atoms with Gasteiger partial charge in [0.1, 0.15) is 12.0 Å². The van der Waals surface area contributed by atoms with Gasteiger partial charge in [-0.2, -0.15) is 0 Å². The molecule has 22 heavy (non-hydrogen) atoms. The number of hydrogen-bond donors (Lipinski definition) is 0. The third kappa shape index (κ3) is 3.08. The highest BCUT2D eigenvalue weighted by Crippen LogP contribution is 2.31. The number of halogens is 1. The monoisotopic (exact) mass is 294 g/mol. The third-order valence-corrected chi connectivity index (χ3v) is 3.83. The normalized spacial score (nSPS) is 18.0. The molecule has 0 aliphatic carbocycles. The fraction of sp³-hybridized carbons (Fsp3) is 0.211. The van der Waals surface area contributed by atoms with E-state index in [1.807, 2.05) is 31.2 Å². The van der Waals surface area contributed by atoms with Crippen molar-refractivity contribution in [2.75, 3.05) is 0 Å². The Morgan fingerprint density at radius 1 is 1.05 bits per heavy atom. The van der Waals surface area contributed by atoms with E-state index in [0.717, 1.165) is 23.5 Å². The van der Waals surface area contributed by atoms with Crippen LogP contribution in [-0.2, 0) is 6.54 Å². The Morgan fingerprint density at radius 3 is 2.55 bits per heavy atom. The van der Waals surface area contributed by atoms with Crippen molar-refractivity contribution < 1.29 is 4.39 Å². The predicted molar refractivity (Wildman–Crippen MR) is 88.0 cm³/mol. The van der Waals surface area contributed by atoms with E-state index in [9.17, 15) is 4.39 Å². The van der Waals surface area contributed by atoms with Gasteiger partial charge in [0, 0.05) is 18.0 Å². The number of allylic oxidation sites excluding steroid dienone is 2. The molecular weight excluding hydrogens is 275 g/mol. The summed E-state index contributed by atoms with van der Waals surface area (Å²) in [6.07, 6.45) is 1.89. The van der Waals surface area contributed by atoms with Crippen LogP contribution in [0.25, 0.3) is 0 Å². The number of nitrogens with zero attached hydrogens (tertiary/aromatic N) is 2. The lowest BCUT2D eigenvalue weighted by molar-refractivity contribution is 0.250. The van der Waals surface area contributed by atoms with E-state index < -0.39 is 0 Å². The Bertz CT molecular complexity index is 719. The summed E-state index contributed by atoms with van der Waals surface area (Å²) in [4.78, 5) is 6.93. The SMILES string of the molecule is CC1=CC(C)=NC(c2cccc(F)c2)N1Cc1ccccc1. The minimum absolute atomic E-state index is 0.180. The molecule has 3 rings (SSSR count). The van der Waals surface area contributed by atoms with Crippen molar-refractivity contribution in [1.29, 1.82) is 0 Å². The van der Waals surface area contributed by atoms with Gasteiger partial charge in [0.2, 0.25) is 0 Å². The minimum atomic E-state index is -0.225. The van der Waals surface area contributed by atoms with Gasteiger partial charge in [-0.1, -0.05) is 42.5 Å². The van der Waals surface area contributed by atoms with E-state index in [1.165, 1.54) is 11.6 Å². The first kappa shape index (κ1) is 14.5. The van der Waals surface area contributed by atoms with E-state index in [-0.39, 0.29) is 12.0 Å². The first-order valence-electron chi connectivity index (χ1n) is 7.42. The van der Waals surface area contributed by atoms with Crippen LogP contribution in [0.3, 0.4) is 0 Å². The second-order valence-electron chi connectivity index (χ2n) is 5.60. The number of hydrogen-bond acceptors (Lipinski definition) is 2. The van der Waals surface area contributed by atoms with Gasteiger partial charge in [-0.05, 0) is 43.2 Å². The quantitative estimate of drug-likeness (QED) is 0.801. The molecule has 2 aromatic carbocycles. The Kier molecular flexibility index (Phi) is 4.05. The van der Waals surface area contributed by atoms with Crippen molar-refractivity contribution in [3.8, 4) is 0 Å². The van der Waals surface area contributed by atoms with E-state index in [0.29, 0.717) is 0 Å². The summed E-state index contributed by atoms with van der Waals surface area (Å²) >= 11 is 0. The standard InChI is InChI=1S/C19H19FN2/c1-14-11-15(2)22(13-16-7-4-3-5-8-16)19(21-14)17-9-6-10-18(20)12-17/h3-12,19H,13H2,1-2H3. The van der Waals surface area contributed by atoms with Crippen molar-refractivity contribution in [2.45, 2.75) is 26.6 Å². The molecule has 0 saturated heterocycles. The van der Waals surface area contributed by atoms with Gasteiger partial charge in [-0.25, -0.2) is 4.39 Å². The highest BCUT2D eigenvalue weighted by Gasteiger charge is 2.23. The maximum absolute atomic E-state index is 13.6. The molecule has 0 bridgehead atoms. The molecular formula is C19H19FN2. The molecule has 0 N–H and O–H groups in total. The van der Waals surface area contributed by atoms with Crippen LogP contribution in [0.1, 0.15) is 31.1 Å². The highest BCUT2D eigenvalue weighted by atomic mass is 19.1. The lowest BCUT2D eigenvalue weighted by Gasteiger charge is -2.35. The van der Waals surface area contributed by atoms with Crippen LogP contribution in [0.4, 0.5) is 4.39 Å². The summed E-state index contributed by atoms with van der Waals surface area (Å²) in [7, 11) is 0. The average molecular weight is 294 g/mol. The van der Waals surface area contributed by atoms with Gasteiger partial charge >= 0.3 is 0 Å². The molecule has 1 aliphatic heterocycles. The Morgan fingerprint density at radius 2 is 1.82 bits per heavy atom. The van der Waals surface area contributed by atoms with Crippen LogP contribution in [-0.4, -0.2) is 10.6 Å². The zero-order valence-corrected chi connectivity index (χ0v) is 12.8. The minimum Gasteiger partial charge on any atom is -0.345 e. The van der Waals surface area contributed by atoms with Gasteiger partial charge in [-0.15, -0.1) is 0 Å². The van der Waals surface area contributed by atoms with Crippen molar-refractivity contribution in [1.82, 2.24) is 4.90 Å². The smallest absolute Gasteiger partial charge is 0.147 e. The summed E-state index contributed by atoms with van der Waals surface area (Å²) < 4.78 is 13.6. The summed E-state index contributed by atoms with van der Waals surface area (Å²) in [5.74, 6) is -0.225. The van der Waals surface area contributed by atoms with Crippen molar-refractivity contribution in [3.63, 3.8) is 0 Å². The van der Waals surface area contributed by atoms with Gasteiger partial charge in [-0.3, -0.25) is 4.99 Å². The van der Waals surface area contributed by atoms with Crippen molar-refractivity contribution >= 4 is 5.71 Å². The Balaban J connectivity index is 1.96. The topological polar surface area (TPSA) is 15.6 Å². The summed E-state index contributed by atoms with van der Waals surface area (Å²) in [5, 5.41) is 0. The van der Waals surface area contributed by atoms with Gasteiger partial charge in [0.15, 0.2) is 0 Å². The fourth-order valence-electron chi connectivity index (χ4n) is 2.79. The van der Waals surface area contributed by atoms with E-state index >= 15 is 0 Å². The van der Waals surface area contributed by atoms with Crippen LogP contribution in [0, 0.1) is 5.82 Å². The number of benzene rings is 2. The Labute approximate surface area is 130 Å². The maximum Gasteiger partial charge on any atom is 0.147 e. The van der Waals surface area contributed by atoms with Crippen LogP contribution >= 0.6 is 0 Å². The lowest BCUT2D eigenvalue weighted by atomic mass is 10.1. The van der Waals surface area contributed by atoms with Gasteiger partial charge in [0.05, 0.1) is 0 Å². The molecule has 0 radical (unpaired) electrons. The molecule has 112 valence electrons. The summed E-state index contributed by atoms with van der Waals surface area (Å²) in [6, 6.07) is 17.0. The van der Waals surface area contributed by atoms with Gasteiger partial charge < -0.3 is 4.90 Å². The van der Waals surface area contributed by atoms with Crippen molar-refractivity contribution in [2.24, 2.45) is 4.99 Å². The molecule has 0 spiro atoms. The van der Waals surface area contributed by atoms with Crippen molar-refractivity contribution in [3.05, 3.63) is 83.3 Å². The highest BCUT2D eigenvalue weighted by molar-refractivity contribution is 5.94. The number of aliphatic imine (C=N–C) groups is 1. The molecule has 1 aliphatic rings. The molecule has 1 atom stereocenters.